The molecule has 0 radical (unpaired) electrons. The minimum absolute atomic E-state index is 0.0482. The number of benzene rings is 2. The van der Waals surface area contributed by atoms with Crippen LogP contribution >= 0.6 is 0 Å². The van der Waals surface area contributed by atoms with E-state index in [4.69, 9.17) is 17.2 Å². The average Bonchev–Trinajstić information content (AvgIpc) is 2.47. The molecule has 0 fully saturated rings. The van der Waals surface area contributed by atoms with E-state index in [0.29, 0.717) is 0 Å². The van der Waals surface area contributed by atoms with Crippen LogP contribution in [0.15, 0.2) is 64.6 Å². The number of guanidine groups is 2. The lowest BCUT2D eigenvalue weighted by molar-refractivity contribution is 0.960. The van der Waals surface area contributed by atoms with Crippen molar-refractivity contribution in [3.05, 3.63) is 65.7 Å². The smallest absolute Gasteiger partial charge is 0.223 e. The summed E-state index contributed by atoms with van der Waals surface area (Å²) in [5.74, 6) is -0.0530. The molecule has 2 rings (SSSR count). The topological polar surface area (TPSA) is 103 Å². The molecule has 0 atom stereocenters. The fourth-order valence-corrected chi connectivity index (χ4v) is 1.96. The Bertz CT molecular complexity index is 625. The average molecular weight is 281 g/mol. The van der Waals surface area contributed by atoms with Crippen molar-refractivity contribution in [2.24, 2.45) is 27.2 Å². The molecule has 5 heteroatoms. The number of nitrogens with two attached hydrogens (primary N) is 3. The van der Waals surface area contributed by atoms with E-state index < -0.39 is 0 Å². The van der Waals surface area contributed by atoms with Crippen molar-refractivity contribution in [2.45, 2.75) is 12.8 Å². The molecule has 0 amide bonds. The van der Waals surface area contributed by atoms with Crippen molar-refractivity contribution in [3.8, 4) is 0 Å². The normalized spacial score (nSPS) is 11.1. The van der Waals surface area contributed by atoms with Crippen molar-refractivity contribution < 1.29 is 0 Å². The molecule has 2 aromatic carbocycles. The summed E-state index contributed by atoms with van der Waals surface area (Å²) in [5.41, 5.74) is 19.3. The zero-order valence-electron chi connectivity index (χ0n) is 11.7. The maximum atomic E-state index is 5.58. The fraction of sp³-hybridized carbons (Fsp3) is 0.125. The number of aryl methyl sites for hydroxylation is 2. The van der Waals surface area contributed by atoms with Gasteiger partial charge in [-0.1, -0.05) is 42.5 Å². The van der Waals surface area contributed by atoms with E-state index in [1.165, 1.54) is 11.1 Å². The summed E-state index contributed by atoms with van der Waals surface area (Å²) in [4.78, 5) is 7.78. The molecule has 0 spiro atoms. The molecule has 0 unspecified atom stereocenters. The molecule has 0 aliphatic carbocycles. The number of hydrogen-bond donors (Lipinski definition) is 3. The molecule has 0 saturated carbocycles. The van der Waals surface area contributed by atoms with E-state index >= 15 is 0 Å². The minimum atomic E-state index is -0.101. The van der Waals surface area contributed by atoms with Gasteiger partial charge < -0.3 is 17.2 Å². The molecule has 108 valence electrons. The number of nitrogens with zero attached hydrogens (tertiary/aromatic N) is 2. The molecular weight excluding hydrogens is 262 g/mol. The number of aliphatic imine (C=N–C) groups is 2. The predicted octanol–water partition coefficient (Wildman–Crippen LogP) is 1.69. The van der Waals surface area contributed by atoms with Crippen molar-refractivity contribution in [1.29, 1.82) is 0 Å². The summed E-state index contributed by atoms with van der Waals surface area (Å²) < 4.78 is 0. The van der Waals surface area contributed by atoms with Gasteiger partial charge in [0.2, 0.25) is 5.96 Å². The Hall–Kier alpha value is -2.82. The monoisotopic (exact) mass is 281 g/mol. The first kappa shape index (κ1) is 14.6. The van der Waals surface area contributed by atoms with E-state index in [9.17, 15) is 0 Å². The van der Waals surface area contributed by atoms with Crippen molar-refractivity contribution in [3.63, 3.8) is 0 Å². The van der Waals surface area contributed by atoms with Gasteiger partial charge in [0.05, 0.1) is 5.69 Å². The Morgan fingerprint density at radius 2 is 1.33 bits per heavy atom. The molecular formula is C16H19N5. The van der Waals surface area contributed by atoms with Crippen LogP contribution < -0.4 is 17.2 Å². The maximum Gasteiger partial charge on any atom is 0.223 e. The summed E-state index contributed by atoms with van der Waals surface area (Å²) >= 11 is 0. The van der Waals surface area contributed by atoms with Crippen LogP contribution in [0.4, 0.5) is 5.69 Å². The third kappa shape index (κ3) is 4.99. The summed E-state index contributed by atoms with van der Waals surface area (Å²) in [5, 5.41) is 0. The van der Waals surface area contributed by atoms with Gasteiger partial charge in [-0.15, -0.1) is 0 Å². The Morgan fingerprint density at radius 1 is 0.762 bits per heavy atom. The zero-order chi connectivity index (χ0) is 15.1. The quantitative estimate of drug-likeness (QED) is 0.587. The lowest BCUT2D eigenvalue weighted by Crippen LogP contribution is -2.26. The standard InChI is InChI=1S/C16H19N5/c17-15(18)21-16(19)20-14-10-8-13(9-11-14)7-6-12-4-2-1-3-5-12/h1-5,8-11H,6-7H2,(H6,17,18,19,20,21). The van der Waals surface area contributed by atoms with Crippen LogP contribution in [-0.4, -0.2) is 11.9 Å². The van der Waals surface area contributed by atoms with E-state index in [2.05, 4.69) is 34.3 Å². The van der Waals surface area contributed by atoms with Crippen molar-refractivity contribution in [1.82, 2.24) is 0 Å². The molecule has 0 heterocycles. The molecule has 6 N–H and O–H groups in total. The minimum Gasteiger partial charge on any atom is -0.370 e. The zero-order valence-corrected chi connectivity index (χ0v) is 11.7. The van der Waals surface area contributed by atoms with Crippen LogP contribution in [0.3, 0.4) is 0 Å². The van der Waals surface area contributed by atoms with E-state index in [-0.39, 0.29) is 11.9 Å². The molecule has 21 heavy (non-hydrogen) atoms. The van der Waals surface area contributed by atoms with Crippen LogP contribution in [0.25, 0.3) is 0 Å². The SMILES string of the molecule is NC(N)=NC(N)=Nc1ccc(CCc2ccccc2)cc1. The summed E-state index contributed by atoms with van der Waals surface area (Å²) in [6.07, 6.45) is 2.00. The van der Waals surface area contributed by atoms with Gasteiger partial charge in [0, 0.05) is 0 Å². The van der Waals surface area contributed by atoms with Gasteiger partial charge in [0.15, 0.2) is 5.96 Å². The molecule has 0 aromatic heterocycles. The highest BCUT2D eigenvalue weighted by atomic mass is 15.1. The van der Waals surface area contributed by atoms with E-state index in [1.807, 2.05) is 30.3 Å². The first-order valence-electron chi connectivity index (χ1n) is 6.70. The van der Waals surface area contributed by atoms with E-state index in [0.717, 1.165) is 18.5 Å². The van der Waals surface area contributed by atoms with Gasteiger partial charge in [-0.2, -0.15) is 4.99 Å². The molecule has 5 nitrogen and oxygen atoms in total. The molecule has 0 bridgehead atoms. The molecule has 2 aromatic rings. The van der Waals surface area contributed by atoms with Gasteiger partial charge >= 0.3 is 0 Å². The number of rotatable bonds is 4. The first-order chi connectivity index (χ1) is 10.1. The summed E-state index contributed by atoms with van der Waals surface area (Å²) in [6, 6.07) is 18.3. The second kappa shape index (κ2) is 7.09. The highest BCUT2D eigenvalue weighted by Gasteiger charge is 1.97. The highest BCUT2D eigenvalue weighted by Crippen LogP contribution is 2.14. The van der Waals surface area contributed by atoms with Crippen LogP contribution in [-0.2, 0) is 12.8 Å². The maximum absolute atomic E-state index is 5.58. The van der Waals surface area contributed by atoms with Gasteiger partial charge in [-0.05, 0) is 36.1 Å². The Kier molecular flexibility index (Phi) is 4.93. The Labute approximate surface area is 124 Å². The van der Waals surface area contributed by atoms with Gasteiger partial charge in [-0.25, -0.2) is 4.99 Å². The lowest BCUT2D eigenvalue weighted by atomic mass is 10.0. The molecule has 0 aliphatic heterocycles. The summed E-state index contributed by atoms with van der Waals surface area (Å²) in [7, 11) is 0. The third-order valence-corrected chi connectivity index (χ3v) is 2.97. The van der Waals surface area contributed by atoms with Crippen molar-refractivity contribution in [2.75, 3.05) is 0 Å². The second-order valence-electron chi connectivity index (χ2n) is 4.66. The highest BCUT2D eigenvalue weighted by molar-refractivity contribution is 5.93. The van der Waals surface area contributed by atoms with Crippen LogP contribution in [0.2, 0.25) is 0 Å². The number of hydrogen-bond acceptors (Lipinski definition) is 1. The van der Waals surface area contributed by atoms with Crippen molar-refractivity contribution >= 4 is 17.6 Å². The fourth-order valence-electron chi connectivity index (χ4n) is 1.96. The van der Waals surface area contributed by atoms with Gasteiger partial charge in [-0.3, -0.25) is 0 Å². The summed E-state index contributed by atoms with van der Waals surface area (Å²) in [6.45, 7) is 0. The van der Waals surface area contributed by atoms with Gasteiger partial charge in [0.25, 0.3) is 0 Å². The lowest BCUT2D eigenvalue weighted by Gasteiger charge is -2.03. The largest absolute Gasteiger partial charge is 0.370 e. The third-order valence-electron chi connectivity index (χ3n) is 2.97. The van der Waals surface area contributed by atoms with Crippen LogP contribution in [0.5, 0.6) is 0 Å². The predicted molar refractivity (Wildman–Crippen MR) is 87.4 cm³/mol. The van der Waals surface area contributed by atoms with Crippen LogP contribution in [0, 0.1) is 0 Å². The van der Waals surface area contributed by atoms with Gasteiger partial charge in [0.1, 0.15) is 0 Å². The Morgan fingerprint density at radius 3 is 1.90 bits per heavy atom. The Balaban J connectivity index is 1.98. The molecule has 0 saturated heterocycles. The molecule has 0 aliphatic rings. The second-order valence-corrected chi connectivity index (χ2v) is 4.66. The first-order valence-corrected chi connectivity index (χ1v) is 6.70. The van der Waals surface area contributed by atoms with Crippen LogP contribution in [0.1, 0.15) is 11.1 Å². The van der Waals surface area contributed by atoms with E-state index in [1.54, 1.807) is 0 Å².